The number of carbonyl (C=O) groups excluding carboxylic acids is 1. The number of benzene rings is 2. The number of fused-ring (bicyclic) bond motifs is 1. The van der Waals surface area contributed by atoms with Crippen molar-refractivity contribution in [2.45, 2.75) is 19.8 Å². The van der Waals surface area contributed by atoms with Gasteiger partial charge in [0.05, 0.1) is 12.1 Å². The third-order valence-electron chi connectivity index (χ3n) is 4.39. The van der Waals surface area contributed by atoms with E-state index in [9.17, 15) is 9.18 Å². The molecule has 0 saturated heterocycles. The third-order valence-corrected chi connectivity index (χ3v) is 5.28. The van der Waals surface area contributed by atoms with Crippen molar-refractivity contribution in [2.24, 2.45) is 0 Å². The Morgan fingerprint density at radius 2 is 2.04 bits per heavy atom. The molecule has 1 N–H and O–H groups in total. The fourth-order valence-corrected chi connectivity index (χ4v) is 3.82. The van der Waals surface area contributed by atoms with Gasteiger partial charge >= 0.3 is 0 Å². The topological polar surface area (TPSA) is 46.4 Å². The van der Waals surface area contributed by atoms with Crippen LogP contribution >= 0.6 is 11.3 Å². The number of anilines is 1. The van der Waals surface area contributed by atoms with Crippen molar-refractivity contribution in [1.29, 1.82) is 0 Å². The Labute approximate surface area is 160 Å². The van der Waals surface area contributed by atoms with Crippen molar-refractivity contribution in [3.63, 3.8) is 0 Å². The zero-order valence-electron chi connectivity index (χ0n) is 14.8. The summed E-state index contributed by atoms with van der Waals surface area (Å²) in [5, 5.41) is 4.66. The van der Waals surface area contributed by atoms with E-state index in [4.69, 9.17) is 0 Å². The molecule has 2 aromatic heterocycles. The highest BCUT2D eigenvalue weighted by molar-refractivity contribution is 7.15. The molecule has 0 bridgehead atoms. The highest BCUT2D eigenvalue weighted by atomic mass is 32.1. The first-order valence-corrected chi connectivity index (χ1v) is 9.60. The van der Waals surface area contributed by atoms with Gasteiger partial charge in [0.1, 0.15) is 5.82 Å². The van der Waals surface area contributed by atoms with E-state index in [1.54, 1.807) is 12.1 Å². The van der Waals surface area contributed by atoms with Crippen LogP contribution < -0.4 is 5.32 Å². The van der Waals surface area contributed by atoms with Crippen molar-refractivity contribution in [2.75, 3.05) is 5.32 Å². The van der Waals surface area contributed by atoms with E-state index in [2.05, 4.69) is 41.5 Å². The van der Waals surface area contributed by atoms with E-state index in [0.717, 1.165) is 28.3 Å². The van der Waals surface area contributed by atoms with Crippen molar-refractivity contribution >= 4 is 27.9 Å². The van der Waals surface area contributed by atoms with Crippen LogP contribution in [0.2, 0.25) is 0 Å². The quantitative estimate of drug-likeness (QED) is 0.534. The Balaban J connectivity index is 1.54. The zero-order valence-corrected chi connectivity index (χ0v) is 15.6. The standard InChI is InChI=1S/C21H18FN3OS/c1-2-14-6-8-15(9-7-14)19-12-25-18(13-27-21(25)24-19)11-20(26)23-17-5-3-4-16(22)10-17/h3-10,12-13H,2,11H2,1H3,(H,23,26). The molecule has 4 nitrogen and oxygen atoms in total. The maximum absolute atomic E-state index is 13.3. The van der Waals surface area contributed by atoms with Gasteiger partial charge in [-0.1, -0.05) is 37.3 Å². The molecule has 2 heterocycles. The Morgan fingerprint density at radius 3 is 2.78 bits per heavy atom. The van der Waals surface area contributed by atoms with E-state index in [-0.39, 0.29) is 18.1 Å². The monoisotopic (exact) mass is 379 g/mol. The summed E-state index contributed by atoms with van der Waals surface area (Å²) in [6.07, 6.45) is 3.15. The number of halogens is 1. The van der Waals surface area contributed by atoms with Gasteiger partial charge in [-0.2, -0.15) is 0 Å². The van der Waals surface area contributed by atoms with Gasteiger partial charge in [0.2, 0.25) is 5.91 Å². The molecule has 0 radical (unpaired) electrons. The molecule has 6 heteroatoms. The van der Waals surface area contributed by atoms with Gasteiger partial charge in [0, 0.05) is 28.5 Å². The molecule has 27 heavy (non-hydrogen) atoms. The van der Waals surface area contributed by atoms with E-state index >= 15 is 0 Å². The van der Waals surface area contributed by atoms with Gasteiger partial charge in [0.15, 0.2) is 4.96 Å². The molecular weight excluding hydrogens is 361 g/mol. The maximum atomic E-state index is 13.3. The average molecular weight is 379 g/mol. The second kappa shape index (κ2) is 7.32. The van der Waals surface area contributed by atoms with Gasteiger partial charge in [-0.3, -0.25) is 9.20 Å². The van der Waals surface area contributed by atoms with Gasteiger partial charge in [-0.15, -0.1) is 11.3 Å². The van der Waals surface area contributed by atoms with E-state index in [1.165, 1.54) is 29.0 Å². The van der Waals surface area contributed by atoms with Crippen LogP contribution in [-0.2, 0) is 17.6 Å². The van der Waals surface area contributed by atoms with Crippen LogP contribution in [-0.4, -0.2) is 15.3 Å². The van der Waals surface area contributed by atoms with E-state index in [1.807, 2.05) is 16.0 Å². The Morgan fingerprint density at radius 1 is 1.22 bits per heavy atom. The number of thiazole rings is 1. The first-order chi connectivity index (χ1) is 13.1. The summed E-state index contributed by atoms with van der Waals surface area (Å²) in [7, 11) is 0. The largest absolute Gasteiger partial charge is 0.326 e. The number of aryl methyl sites for hydroxylation is 1. The lowest BCUT2D eigenvalue weighted by atomic mass is 10.1. The number of nitrogens with zero attached hydrogens (tertiary/aromatic N) is 2. The molecule has 4 rings (SSSR count). The molecule has 0 aliphatic carbocycles. The summed E-state index contributed by atoms with van der Waals surface area (Å²) in [6, 6.07) is 14.2. The highest BCUT2D eigenvalue weighted by Crippen LogP contribution is 2.24. The molecule has 0 saturated carbocycles. The van der Waals surface area contributed by atoms with Crippen LogP contribution in [0.4, 0.5) is 10.1 Å². The van der Waals surface area contributed by atoms with Crippen molar-refractivity contribution < 1.29 is 9.18 Å². The molecule has 2 aromatic carbocycles. The smallest absolute Gasteiger partial charge is 0.230 e. The Hall–Kier alpha value is -2.99. The lowest BCUT2D eigenvalue weighted by Crippen LogP contribution is -2.15. The fourth-order valence-electron chi connectivity index (χ4n) is 2.94. The predicted octanol–water partition coefficient (Wildman–Crippen LogP) is 4.95. The highest BCUT2D eigenvalue weighted by Gasteiger charge is 2.13. The number of amides is 1. The third kappa shape index (κ3) is 3.75. The normalized spacial score (nSPS) is 11.0. The number of aromatic nitrogens is 2. The summed E-state index contributed by atoms with van der Waals surface area (Å²) in [5.41, 5.74) is 4.53. The molecule has 0 spiro atoms. The Kier molecular flexibility index (Phi) is 4.73. The van der Waals surface area contributed by atoms with Crippen molar-refractivity contribution in [1.82, 2.24) is 9.38 Å². The van der Waals surface area contributed by atoms with Gasteiger partial charge in [-0.05, 0) is 30.2 Å². The summed E-state index contributed by atoms with van der Waals surface area (Å²) >= 11 is 1.50. The minimum absolute atomic E-state index is 0.192. The molecule has 136 valence electrons. The SMILES string of the molecule is CCc1ccc(-c2cn3c(CC(=O)Nc4cccc(F)c4)csc3n2)cc1. The number of hydrogen-bond acceptors (Lipinski definition) is 3. The van der Waals surface area contributed by atoms with Crippen LogP contribution in [0.5, 0.6) is 0 Å². The molecule has 4 aromatic rings. The minimum atomic E-state index is -0.376. The lowest BCUT2D eigenvalue weighted by molar-refractivity contribution is -0.115. The first kappa shape index (κ1) is 17.4. The number of rotatable bonds is 5. The molecule has 0 atom stereocenters. The number of carbonyl (C=O) groups is 1. The lowest BCUT2D eigenvalue weighted by Gasteiger charge is -2.04. The summed E-state index contributed by atoms with van der Waals surface area (Å²) in [4.78, 5) is 17.8. The van der Waals surface area contributed by atoms with Gasteiger partial charge in [-0.25, -0.2) is 9.37 Å². The zero-order chi connectivity index (χ0) is 18.8. The van der Waals surface area contributed by atoms with E-state index in [0.29, 0.717) is 5.69 Å². The molecule has 0 aliphatic rings. The molecule has 0 aliphatic heterocycles. The Bertz CT molecular complexity index is 1100. The van der Waals surface area contributed by atoms with E-state index < -0.39 is 0 Å². The summed E-state index contributed by atoms with van der Waals surface area (Å²) in [6.45, 7) is 2.13. The second-order valence-electron chi connectivity index (χ2n) is 6.29. The second-order valence-corrected chi connectivity index (χ2v) is 7.13. The van der Waals surface area contributed by atoms with Crippen LogP contribution in [0.15, 0.2) is 60.1 Å². The summed E-state index contributed by atoms with van der Waals surface area (Å²) in [5.74, 6) is -0.568. The van der Waals surface area contributed by atoms with Crippen LogP contribution in [0, 0.1) is 5.82 Å². The number of imidazole rings is 1. The van der Waals surface area contributed by atoms with Crippen molar-refractivity contribution in [3.8, 4) is 11.3 Å². The van der Waals surface area contributed by atoms with Crippen LogP contribution in [0.25, 0.3) is 16.2 Å². The van der Waals surface area contributed by atoms with Crippen LogP contribution in [0.3, 0.4) is 0 Å². The van der Waals surface area contributed by atoms with Gasteiger partial charge in [0.25, 0.3) is 0 Å². The molecular formula is C21H18FN3OS. The van der Waals surface area contributed by atoms with Crippen LogP contribution in [0.1, 0.15) is 18.2 Å². The molecule has 0 fully saturated rings. The number of hydrogen-bond donors (Lipinski definition) is 1. The fraction of sp³-hybridized carbons (Fsp3) is 0.143. The predicted molar refractivity (Wildman–Crippen MR) is 107 cm³/mol. The maximum Gasteiger partial charge on any atom is 0.230 e. The molecule has 1 amide bonds. The van der Waals surface area contributed by atoms with Crippen molar-refractivity contribution in [3.05, 3.63) is 77.2 Å². The average Bonchev–Trinajstić information content (AvgIpc) is 3.24. The minimum Gasteiger partial charge on any atom is -0.326 e. The summed E-state index contributed by atoms with van der Waals surface area (Å²) < 4.78 is 15.2. The number of nitrogens with one attached hydrogen (secondary N) is 1. The molecule has 0 unspecified atom stereocenters. The first-order valence-electron chi connectivity index (χ1n) is 8.72. The van der Waals surface area contributed by atoms with Gasteiger partial charge < -0.3 is 5.32 Å².